The predicted molar refractivity (Wildman–Crippen MR) is 55.5 cm³/mol. The Balaban J connectivity index is 3.23. The molecule has 1 fully saturated rings. The van der Waals surface area contributed by atoms with E-state index in [-0.39, 0.29) is 0 Å². The van der Waals surface area contributed by atoms with Gasteiger partial charge in [-0.2, -0.15) is 0 Å². The van der Waals surface area contributed by atoms with Crippen LogP contribution in [0.3, 0.4) is 0 Å². The molecule has 0 spiro atoms. The highest BCUT2D eigenvalue weighted by Crippen LogP contribution is 2.43. The van der Waals surface area contributed by atoms with Gasteiger partial charge < -0.3 is 71.9 Å². The van der Waals surface area contributed by atoms with Gasteiger partial charge in [-0.25, -0.2) is 0 Å². The maximum atomic E-state index is 10.6. The molecule has 0 radical (unpaired) electrons. The van der Waals surface area contributed by atoms with Gasteiger partial charge in [0.1, 0.15) is 36.6 Å². The topological polar surface area (TPSA) is 278 Å². The van der Waals surface area contributed by atoms with Crippen molar-refractivity contribution in [2.75, 3.05) is 0 Å². The van der Waals surface area contributed by atoms with Gasteiger partial charge in [-0.15, -0.1) is 0 Å². The zero-order chi connectivity index (χ0) is 19.1. The molecular formula is C6H9O15P3-6. The fourth-order valence-electron chi connectivity index (χ4n) is 1.98. The third-order valence-electron chi connectivity index (χ3n) is 2.77. The maximum absolute atomic E-state index is 10.6. The van der Waals surface area contributed by atoms with Crippen molar-refractivity contribution in [3.05, 3.63) is 0 Å². The summed E-state index contributed by atoms with van der Waals surface area (Å²) in [6.07, 6.45) is -15.7. The van der Waals surface area contributed by atoms with Crippen molar-refractivity contribution >= 4 is 23.5 Å². The molecule has 6 atom stereocenters. The second kappa shape index (κ2) is 7.45. The molecule has 144 valence electrons. The first-order chi connectivity index (χ1) is 10.5. The van der Waals surface area contributed by atoms with Crippen LogP contribution >= 0.6 is 23.5 Å². The monoisotopic (exact) mass is 414 g/mol. The molecule has 1 saturated carbocycles. The standard InChI is InChI=1S/C6H15O15P3/c7-1-2(8)5(20-23(13,14)15)6(21-24(16,17)18)3(9)4(1)19-22(10,11)12/h1-9H,(H2,10,11,12)(H2,13,14,15)(H2,16,17,18)/p-6/t1-,2+,3-,4+,5+,6+/m1/s1. The van der Waals surface area contributed by atoms with E-state index in [1.54, 1.807) is 0 Å². The summed E-state index contributed by atoms with van der Waals surface area (Å²) in [5.74, 6) is 0. The van der Waals surface area contributed by atoms with E-state index < -0.39 is 60.1 Å². The Kier molecular flexibility index (Phi) is 6.90. The van der Waals surface area contributed by atoms with E-state index >= 15 is 0 Å². The van der Waals surface area contributed by atoms with Gasteiger partial charge in [-0.3, -0.25) is 0 Å². The van der Waals surface area contributed by atoms with Crippen molar-refractivity contribution in [1.29, 1.82) is 0 Å². The lowest BCUT2D eigenvalue weighted by Crippen LogP contribution is -2.66. The first-order valence-corrected chi connectivity index (χ1v) is 10.1. The summed E-state index contributed by atoms with van der Waals surface area (Å²) >= 11 is 0. The molecule has 0 amide bonds. The van der Waals surface area contributed by atoms with Gasteiger partial charge in [-0.1, -0.05) is 0 Å². The number of phosphoric acid groups is 3. The first-order valence-electron chi connectivity index (χ1n) is 5.67. The van der Waals surface area contributed by atoms with Crippen LogP contribution in [0.25, 0.3) is 0 Å². The van der Waals surface area contributed by atoms with Crippen molar-refractivity contribution in [2.45, 2.75) is 36.6 Å². The Morgan fingerprint density at radius 3 is 1.12 bits per heavy atom. The van der Waals surface area contributed by atoms with E-state index in [0.717, 1.165) is 0 Å². The van der Waals surface area contributed by atoms with E-state index in [2.05, 4.69) is 13.6 Å². The van der Waals surface area contributed by atoms with Crippen molar-refractivity contribution in [3.63, 3.8) is 0 Å². The van der Waals surface area contributed by atoms with Crippen LogP contribution < -0.4 is 29.4 Å². The summed E-state index contributed by atoms with van der Waals surface area (Å²) in [7, 11) is -17.9. The fourth-order valence-corrected chi connectivity index (χ4v) is 3.62. The van der Waals surface area contributed by atoms with Crippen LogP contribution in [-0.4, -0.2) is 51.9 Å². The summed E-state index contributed by atoms with van der Waals surface area (Å²) in [4.78, 5) is 63.6. The number of hydrogen-bond acceptors (Lipinski definition) is 15. The van der Waals surface area contributed by atoms with Crippen LogP contribution in [0, 0.1) is 0 Å². The van der Waals surface area contributed by atoms with Gasteiger partial charge >= 0.3 is 0 Å². The van der Waals surface area contributed by atoms with Gasteiger partial charge in [0, 0.05) is 0 Å². The number of phosphoric ester groups is 3. The molecule has 15 nitrogen and oxygen atoms in total. The van der Waals surface area contributed by atoms with Crippen molar-refractivity contribution in [2.24, 2.45) is 0 Å². The SMILES string of the molecule is O=P([O-])([O-])O[C@H]1[C@H](O)[C@H](O)[C@H](OP(=O)([O-])[O-])[C@@H](OP(=O)([O-])[O-])[C@@H]1O. The Labute approximate surface area is 133 Å². The molecule has 0 bridgehead atoms. The summed E-state index contributed by atoms with van der Waals surface area (Å²) in [6, 6.07) is 0. The quantitative estimate of drug-likeness (QED) is 0.340. The summed E-state index contributed by atoms with van der Waals surface area (Å²) < 4.78 is 43.0. The third kappa shape index (κ3) is 6.50. The number of hydrogen-bond donors (Lipinski definition) is 3. The highest BCUT2D eigenvalue weighted by Gasteiger charge is 2.52. The Hall–Kier alpha value is 0.210. The van der Waals surface area contributed by atoms with Gasteiger partial charge in [0.25, 0.3) is 0 Å². The van der Waals surface area contributed by atoms with E-state index in [1.807, 2.05) is 0 Å². The summed E-state index contributed by atoms with van der Waals surface area (Å²) in [6.45, 7) is 0. The Bertz CT molecular complexity index is 574. The number of rotatable bonds is 6. The molecule has 0 aromatic rings. The normalized spacial score (nSPS) is 35.9. The average molecular weight is 414 g/mol. The van der Waals surface area contributed by atoms with Crippen LogP contribution in [-0.2, 0) is 27.3 Å². The molecule has 0 aromatic heterocycles. The molecule has 24 heavy (non-hydrogen) atoms. The highest BCUT2D eigenvalue weighted by atomic mass is 31.2. The summed E-state index contributed by atoms with van der Waals surface area (Å²) in [5.41, 5.74) is 0. The smallest absolute Gasteiger partial charge is 0.120 e. The molecule has 18 heteroatoms. The fraction of sp³-hybridized carbons (Fsp3) is 1.00. The molecule has 1 aliphatic carbocycles. The van der Waals surface area contributed by atoms with Gasteiger partial charge in [-0.05, 0) is 0 Å². The minimum absolute atomic E-state index is 2.54. The van der Waals surface area contributed by atoms with Crippen LogP contribution in [0.15, 0.2) is 0 Å². The van der Waals surface area contributed by atoms with Crippen molar-refractivity contribution in [1.82, 2.24) is 0 Å². The van der Waals surface area contributed by atoms with Gasteiger partial charge in [0.15, 0.2) is 0 Å². The largest absolute Gasteiger partial charge is 0.790 e. The molecule has 0 saturated heterocycles. The van der Waals surface area contributed by atoms with E-state index in [0.29, 0.717) is 0 Å². The molecule has 1 rings (SSSR count). The van der Waals surface area contributed by atoms with E-state index in [4.69, 9.17) is 0 Å². The zero-order valence-electron chi connectivity index (χ0n) is 11.0. The van der Waals surface area contributed by atoms with Gasteiger partial charge in [0.2, 0.25) is 0 Å². The Morgan fingerprint density at radius 2 is 0.792 bits per heavy atom. The molecule has 0 aromatic carbocycles. The molecular weight excluding hydrogens is 405 g/mol. The molecule has 0 aliphatic heterocycles. The molecule has 0 unspecified atom stereocenters. The summed E-state index contributed by atoms with van der Waals surface area (Å²) in [5, 5.41) is 28.9. The lowest BCUT2D eigenvalue weighted by Gasteiger charge is -2.51. The number of aliphatic hydroxyl groups is 3. The van der Waals surface area contributed by atoms with E-state index in [1.165, 1.54) is 0 Å². The van der Waals surface area contributed by atoms with Crippen LogP contribution in [0.4, 0.5) is 0 Å². The second-order valence-electron chi connectivity index (χ2n) is 4.52. The lowest BCUT2D eigenvalue weighted by molar-refractivity contribution is -0.371. The lowest BCUT2D eigenvalue weighted by atomic mass is 9.85. The molecule has 0 heterocycles. The Morgan fingerprint density at radius 1 is 0.542 bits per heavy atom. The van der Waals surface area contributed by atoms with Crippen molar-refractivity contribution < 1.29 is 71.9 Å². The van der Waals surface area contributed by atoms with Crippen LogP contribution in [0.5, 0.6) is 0 Å². The highest BCUT2D eigenvalue weighted by molar-refractivity contribution is 7.43. The van der Waals surface area contributed by atoms with Crippen LogP contribution in [0.2, 0.25) is 0 Å². The van der Waals surface area contributed by atoms with E-state index in [9.17, 15) is 58.4 Å². The average Bonchev–Trinajstić information content (AvgIpc) is 2.32. The third-order valence-corrected chi connectivity index (χ3v) is 4.28. The number of aliphatic hydroxyl groups excluding tert-OH is 3. The molecule has 3 N–H and O–H groups in total. The predicted octanol–water partition coefficient (Wildman–Crippen LogP) is -7.28. The maximum Gasteiger partial charge on any atom is 0.120 e. The molecule has 1 aliphatic rings. The zero-order valence-corrected chi connectivity index (χ0v) is 13.7. The van der Waals surface area contributed by atoms with Gasteiger partial charge in [0.05, 0.1) is 23.5 Å². The minimum atomic E-state index is -6.01. The van der Waals surface area contributed by atoms with Crippen molar-refractivity contribution in [3.8, 4) is 0 Å². The van der Waals surface area contributed by atoms with Crippen LogP contribution in [0.1, 0.15) is 0 Å². The first kappa shape index (κ1) is 22.3. The minimum Gasteiger partial charge on any atom is -0.790 e. The second-order valence-corrected chi connectivity index (χ2v) is 7.84.